The Morgan fingerprint density at radius 2 is 2.05 bits per heavy atom. The third kappa shape index (κ3) is 2.83. The van der Waals surface area contributed by atoms with Crippen LogP contribution in [0.4, 0.5) is 0 Å². The van der Waals surface area contributed by atoms with Crippen molar-refractivity contribution >= 4 is 23.4 Å². The molecular formula is C15H11ClN2O3. The van der Waals surface area contributed by atoms with E-state index in [0.29, 0.717) is 16.4 Å². The lowest BCUT2D eigenvalue weighted by molar-refractivity contribution is 0.0696. The van der Waals surface area contributed by atoms with Gasteiger partial charge in [0.05, 0.1) is 5.56 Å². The van der Waals surface area contributed by atoms with Gasteiger partial charge in [-0.25, -0.2) is 4.79 Å². The van der Waals surface area contributed by atoms with Crippen molar-refractivity contribution in [2.75, 3.05) is 0 Å². The molecule has 0 aromatic heterocycles. The van der Waals surface area contributed by atoms with Gasteiger partial charge in [0.25, 0.3) is 0 Å². The van der Waals surface area contributed by atoms with E-state index in [1.807, 2.05) is 12.1 Å². The fourth-order valence-electron chi connectivity index (χ4n) is 2.03. The second kappa shape index (κ2) is 5.46. The smallest absolute Gasteiger partial charge is 0.335 e. The lowest BCUT2D eigenvalue weighted by atomic mass is 10.1. The van der Waals surface area contributed by atoms with E-state index in [1.54, 1.807) is 24.3 Å². The van der Waals surface area contributed by atoms with Gasteiger partial charge in [-0.15, -0.1) is 0 Å². The molecule has 0 bridgehead atoms. The average molecular weight is 303 g/mol. The van der Waals surface area contributed by atoms with Gasteiger partial charge in [0.1, 0.15) is 0 Å². The zero-order valence-electron chi connectivity index (χ0n) is 10.8. The van der Waals surface area contributed by atoms with Gasteiger partial charge < -0.3 is 15.3 Å². The summed E-state index contributed by atoms with van der Waals surface area (Å²) in [4.78, 5) is 16.3. The summed E-state index contributed by atoms with van der Waals surface area (Å²) in [6.45, 7) is 0. The standard InChI is InChI=1S/C15H11ClN2O3/c16-12-6-2-4-10(8-12)14-17-13(18-21-14)9-3-1-5-11(7-9)15(19)20/h1-8,14H,(H,17,18)(H,19,20). The van der Waals surface area contributed by atoms with Crippen molar-refractivity contribution in [3.63, 3.8) is 0 Å². The lowest BCUT2D eigenvalue weighted by Gasteiger charge is -2.10. The van der Waals surface area contributed by atoms with Gasteiger partial charge in [0, 0.05) is 16.1 Å². The Balaban J connectivity index is 1.81. The molecule has 0 amide bonds. The van der Waals surface area contributed by atoms with Crippen LogP contribution in [0.15, 0.2) is 53.7 Å². The monoisotopic (exact) mass is 302 g/mol. The van der Waals surface area contributed by atoms with Crippen molar-refractivity contribution in [3.05, 3.63) is 70.2 Å². The lowest BCUT2D eigenvalue weighted by Crippen LogP contribution is -2.23. The SMILES string of the molecule is O=C(O)c1cccc(C2=NOC(c3cccc(Cl)c3)N2)c1. The maximum Gasteiger partial charge on any atom is 0.335 e. The third-order valence-corrected chi connectivity index (χ3v) is 3.29. The van der Waals surface area contributed by atoms with Crippen LogP contribution in [0.25, 0.3) is 0 Å². The quantitative estimate of drug-likeness (QED) is 0.914. The number of oxime groups is 1. The Morgan fingerprint density at radius 1 is 1.24 bits per heavy atom. The number of amidine groups is 1. The molecule has 3 rings (SSSR count). The Bertz CT molecular complexity index is 730. The summed E-state index contributed by atoms with van der Waals surface area (Å²) in [6.07, 6.45) is -0.438. The molecule has 5 nitrogen and oxygen atoms in total. The number of benzene rings is 2. The Labute approximate surface area is 125 Å². The van der Waals surface area contributed by atoms with E-state index in [0.717, 1.165) is 5.56 Å². The summed E-state index contributed by atoms with van der Waals surface area (Å²) in [5.41, 5.74) is 1.69. The van der Waals surface area contributed by atoms with Crippen LogP contribution in [-0.2, 0) is 4.84 Å². The van der Waals surface area contributed by atoms with E-state index >= 15 is 0 Å². The first-order chi connectivity index (χ1) is 10.1. The van der Waals surface area contributed by atoms with Gasteiger partial charge in [-0.1, -0.05) is 41.0 Å². The van der Waals surface area contributed by atoms with E-state index < -0.39 is 12.2 Å². The highest BCUT2D eigenvalue weighted by Gasteiger charge is 2.23. The fraction of sp³-hybridized carbons (Fsp3) is 0.0667. The Morgan fingerprint density at radius 3 is 2.81 bits per heavy atom. The second-order valence-electron chi connectivity index (χ2n) is 4.51. The predicted octanol–water partition coefficient (Wildman–Crippen LogP) is 3.02. The first-order valence-corrected chi connectivity index (χ1v) is 6.61. The number of rotatable bonds is 3. The molecular weight excluding hydrogens is 292 g/mol. The van der Waals surface area contributed by atoms with E-state index in [4.69, 9.17) is 21.5 Å². The highest BCUT2D eigenvalue weighted by atomic mass is 35.5. The molecule has 1 aliphatic rings. The summed E-state index contributed by atoms with van der Waals surface area (Å²) in [5, 5.41) is 16.7. The van der Waals surface area contributed by atoms with Gasteiger partial charge >= 0.3 is 5.97 Å². The molecule has 1 aliphatic heterocycles. The van der Waals surface area contributed by atoms with Crippen LogP contribution in [0, 0.1) is 0 Å². The fourth-order valence-corrected chi connectivity index (χ4v) is 2.23. The number of halogens is 1. The van der Waals surface area contributed by atoms with E-state index in [1.165, 1.54) is 12.1 Å². The van der Waals surface area contributed by atoms with Crippen LogP contribution in [-0.4, -0.2) is 16.9 Å². The molecule has 1 heterocycles. The van der Waals surface area contributed by atoms with E-state index in [2.05, 4.69) is 10.5 Å². The third-order valence-electron chi connectivity index (χ3n) is 3.05. The molecule has 0 spiro atoms. The molecule has 2 N–H and O–H groups in total. The van der Waals surface area contributed by atoms with Gasteiger partial charge in [-0.05, 0) is 24.3 Å². The van der Waals surface area contributed by atoms with E-state index in [-0.39, 0.29) is 5.56 Å². The van der Waals surface area contributed by atoms with Crippen LogP contribution >= 0.6 is 11.6 Å². The van der Waals surface area contributed by atoms with Crippen LogP contribution in [0.1, 0.15) is 27.7 Å². The van der Waals surface area contributed by atoms with Crippen molar-refractivity contribution in [3.8, 4) is 0 Å². The highest BCUT2D eigenvalue weighted by molar-refractivity contribution is 6.30. The van der Waals surface area contributed by atoms with Crippen molar-refractivity contribution in [1.29, 1.82) is 0 Å². The summed E-state index contributed by atoms with van der Waals surface area (Å²) < 4.78 is 0. The van der Waals surface area contributed by atoms with Crippen molar-refractivity contribution in [2.24, 2.45) is 5.16 Å². The molecule has 0 fully saturated rings. The molecule has 21 heavy (non-hydrogen) atoms. The van der Waals surface area contributed by atoms with Crippen LogP contribution < -0.4 is 5.32 Å². The first kappa shape index (κ1) is 13.5. The van der Waals surface area contributed by atoms with Crippen molar-refractivity contribution < 1.29 is 14.7 Å². The maximum absolute atomic E-state index is 11.0. The molecule has 6 heteroatoms. The molecule has 0 saturated heterocycles. The van der Waals surface area contributed by atoms with Gasteiger partial charge in [-0.2, -0.15) is 0 Å². The number of aromatic carboxylic acids is 1. The molecule has 1 atom stereocenters. The van der Waals surface area contributed by atoms with Gasteiger partial charge in [-0.3, -0.25) is 0 Å². The number of nitrogens with zero attached hydrogens (tertiary/aromatic N) is 1. The van der Waals surface area contributed by atoms with Crippen LogP contribution in [0.2, 0.25) is 5.02 Å². The number of carbonyl (C=O) groups is 1. The zero-order valence-corrected chi connectivity index (χ0v) is 11.5. The topological polar surface area (TPSA) is 70.9 Å². The Kier molecular flexibility index (Phi) is 3.50. The molecule has 0 saturated carbocycles. The summed E-state index contributed by atoms with van der Waals surface area (Å²) in [5.74, 6) is -0.495. The summed E-state index contributed by atoms with van der Waals surface area (Å²) in [6, 6.07) is 13.7. The number of carboxylic acid groups (broad SMARTS) is 1. The summed E-state index contributed by atoms with van der Waals surface area (Å²) >= 11 is 5.95. The van der Waals surface area contributed by atoms with Crippen molar-refractivity contribution in [1.82, 2.24) is 5.32 Å². The number of nitrogens with one attached hydrogen (secondary N) is 1. The molecule has 0 radical (unpaired) electrons. The largest absolute Gasteiger partial charge is 0.478 e. The second-order valence-corrected chi connectivity index (χ2v) is 4.95. The first-order valence-electron chi connectivity index (χ1n) is 6.23. The molecule has 106 valence electrons. The molecule has 1 unspecified atom stereocenters. The molecule has 0 aliphatic carbocycles. The van der Waals surface area contributed by atoms with Crippen LogP contribution in [0.3, 0.4) is 0 Å². The molecule has 2 aromatic carbocycles. The minimum Gasteiger partial charge on any atom is -0.478 e. The maximum atomic E-state index is 11.0. The normalized spacial score (nSPS) is 16.8. The number of hydrogen-bond donors (Lipinski definition) is 2. The summed E-state index contributed by atoms with van der Waals surface area (Å²) in [7, 11) is 0. The van der Waals surface area contributed by atoms with Crippen molar-refractivity contribution in [2.45, 2.75) is 6.23 Å². The minimum absolute atomic E-state index is 0.197. The average Bonchev–Trinajstić information content (AvgIpc) is 2.97. The number of carboxylic acids is 1. The minimum atomic E-state index is -0.984. The zero-order chi connectivity index (χ0) is 14.8. The van der Waals surface area contributed by atoms with Crippen LogP contribution in [0.5, 0.6) is 0 Å². The predicted molar refractivity (Wildman–Crippen MR) is 78.4 cm³/mol. The number of hydrogen-bond acceptors (Lipinski definition) is 4. The van der Waals surface area contributed by atoms with Gasteiger partial charge in [0.15, 0.2) is 5.84 Å². The molecule has 2 aromatic rings. The van der Waals surface area contributed by atoms with Gasteiger partial charge in [0.2, 0.25) is 6.23 Å². The Hall–Kier alpha value is -2.53. The highest BCUT2D eigenvalue weighted by Crippen LogP contribution is 2.23. The van der Waals surface area contributed by atoms with E-state index in [9.17, 15) is 4.79 Å².